The molecule has 0 aliphatic heterocycles. The molecular formula is C9H12N2O3. The second-order valence-electron chi connectivity index (χ2n) is 3.15. The lowest BCUT2D eigenvalue weighted by Gasteiger charge is -2.08. The predicted octanol–water partition coefficient (Wildman–Crippen LogP) is -0.362. The minimum Gasteiger partial charge on any atom is -0.480 e. The third-order valence-electron chi connectivity index (χ3n) is 2.00. The number of rotatable bonds is 3. The van der Waals surface area contributed by atoms with Gasteiger partial charge in [0, 0.05) is 12.3 Å². The molecule has 0 bridgehead atoms. The van der Waals surface area contributed by atoms with Gasteiger partial charge in [-0.25, -0.2) is 0 Å². The van der Waals surface area contributed by atoms with Crippen molar-refractivity contribution in [2.24, 2.45) is 5.73 Å². The Balaban J connectivity index is 2.87. The highest BCUT2D eigenvalue weighted by Gasteiger charge is 2.13. The summed E-state index contributed by atoms with van der Waals surface area (Å²) in [5, 5.41) is 8.59. The Morgan fingerprint density at radius 1 is 1.71 bits per heavy atom. The summed E-state index contributed by atoms with van der Waals surface area (Å²) in [6, 6.07) is 0.490. The van der Waals surface area contributed by atoms with Gasteiger partial charge < -0.3 is 15.8 Å². The van der Waals surface area contributed by atoms with Gasteiger partial charge in [0.2, 0.25) is 5.56 Å². The molecule has 0 radical (unpaired) electrons. The minimum atomic E-state index is -1.05. The molecule has 76 valence electrons. The van der Waals surface area contributed by atoms with Gasteiger partial charge in [0.25, 0.3) is 0 Å². The van der Waals surface area contributed by atoms with Crippen LogP contribution in [0.25, 0.3) is 0 Å². The summed E-state index contributed by atoms with van der Waals surface area (Å²) in [7, 11) is 0. The molecule has 0 amide bonds. The molecule has 5 nitrogen and oxygen atoms in total. The maximum Gasteiger partial charge on any atom is 0.320 e. The SMILES string of the molecule is Cc1cc(=O)[nH]cc1C[C@H](N)C(=O)O. The van der Waals surface area contributed by atoms with Crippen molar-refractivity contribution in [2.45, 2.75) is 19.4 Å². The number of nitrogens with two attached hydrogens (primary N) is 1. The van der Waals surface area contributed by atoms with Crippen molar-refractivity contribution < 1.29 is 9.90 Å². The van der Waals surface area contributed by atoms with E-state index in [1.54, 1.807) is 6.92 Å². The molecule has 5 heteroatoms. The Bertz CT molecular complexity index is 397. The maximum atomic E-state index is 10.9. The van der Waals surface area contributed by atoms with Gasteiger partial charge in [0.05, 0.1) is 0 Å². The first kappa shape index (κ1) is 10.5. The van der Waals surface area contributed by atoms with E-state index in [2.05, 4.69) is 4.98 Å². The normalized spacial score (nSPS) is 12.4. The molecule has 0 unspecified atom stereocenters. The molecule has 0 fully saturated rings. The molecule has 0 spiro atoms. The summed E-state index contributed by atoms with van der Waals surface area (Å²) in [5.41, 5.74) is 6.67. The van der Waals surface area contributed by atoms with E-state index >= 15 is 0 Å². The fraction of sp³-hybridized carbons (Fsp3) is 0.333. The Morgan fingerprint density at radius 3 is 2.86 bits per heavy atom. The quantitative estimate of drug-likeness (QED) is 0.615. The molecule has 1 aromatic heterocycles. The van der Waals surface area contributed by atoms with Gasteiger partial charge in [0.1, 0.15) is 6.04 Å². The summed E-state index contributed by atoms with van der Waals surface area (Å²) in [5.74, 6) is -1.05. The van der Waals surface area contributed by atoms with Crippen molar-refractivity contribution in [1.82, 2.24) is 4.98 Å². The van der Waals surface area contributed by atoms with Crippen molar-refractivity contribution in [1.29, 1.82) is 0 Å². The third kappa shape index (κ3) is 2.43. The monoisotopic (exact) mass is 196 g/mol. The Hall–Kier alpha value is -1.62. The lowest BCUT2D eigenvalue weighted by molar-refractivity contribution is -0.138. The zero-order valence-corrected chi connectivity index (χ0v) is 7.78. The summed E-state index contributed by atoms with van der Waals surface area (Å²) in [6.07, 6.45) is 1.72. The number of carboxylic acids is 1. The molecule has 0 aliphatic rings. The van der Waals surface area contributed by atoms with Crippen LogP contribution >= 0.6 is 0 Å². The number of aromatic nitrogens is 1. The zero-order valence-electron chi connectivity index (χ0n) is 7.78. The van der Waals surface area contributed by atoms with Crippen LogP contribution < -0.4 is 11.3 Å². The number of H-pyrrole nitrogens is 1. The van der Waals surface area contributed by atoms with Crippen molar-refractivity contribution >= 4 is 5.97 Å². The molecule has 4 N–H and O–H groups in total. The first-order valence-electron chi connectivity index (χ1n) is 4.17. The van der Waals surface area contributed by atoms with Crippen LogP contribution in [0.15, 0.2) is 17.1 Å². The van der Waals surface area contributed by atoms with E-state index in [0.717, 1.165) is 11.1 Å². The number of hydrogen-bond acceptors (Lipinski definition) is 3. The predicted molar refractivity (Wildman–Crippen MR) is 51.1 cm³/mol. The highest BCUT2D eigenvalue weighted by Crippen LogP contribution is 2.05. The highest BCUT2D eigenvalue weighted by molar-refractivity contribution is 5.73. The lowest BCUT2D eigenvalue weighted by Crippen LogP contribution is -2.32. The van der Waals surface area contributed by atoms with Gasteiger partial charge in [-0.15, -0.1) is 0 Å². The van der Waals surface area contributed by atoms with E-state index < -0.39 is 12.0 Å². The third-order valence-corrected chi connectivity index (χ3v) is 2.00. The topological polar surface area (TPSA) is 96.2 Å². The summed E-state index contributed by atoms with van der Waals surface area (Å²) in [6.45, 7) is 1.75. The smallest absolute Gasteiger partial charge is 0.320 e. The largest absolute Gasteiger partial charge is 0.480 e. The van der Waals surface area contributed by atoms with Gasteiger partial charge in [-0.2, -0.15) is 0 Å². The molecule has 0 aromatic carbocycles. The summed E-state index contributed by atoms with van der Waals surface area (Å²) >= 11 is 0. The fourth-order valence-corrected chi connectivity index (χ4v) is 1.15. The van der Waals surface area contributed by atoms with Crippen LogP contribution in [0, 0.1) is 6.92 Å². The van der Waals surface area contributed by atoms with Crippen LogP contribution in [0.4, 0.5) is 0 Å². The molecule has 0 saturated carbocycles. The van der Waals surface area contributed by atoms with Crippen molar-refractivity contribution in [3.63, 3.8) is 0 Å². The number of aliphatic carboxylic acids is 1. The van der Waals surface area contributed by atoms with Gasteiger partial charge >= 0.3 is 5.97 Å². The fourth-order valence-electron chi connectivity index (χ4n) is 1.15. The van der Waals surface area contributed by atoms with Crippen molar-refractivity contribution in [3.05, 3.63) is 33.7 Å². The molecule has 1 atom stereocenters. The van der Waals surface area contributed by atoms with Gasteiger partial charge in [0.15, 0.2) is 0 Å². The Labute approximate surface area is 80.6 Å². The second kappa shape index (κ2) is 4.06. The molecule has 1 aromatic rings. The van der Waals surface area contributed by atoms with Crippen LogP contribution in [-0.4, -0.2) is 22.1 Å². The zero-order chi connectivity index (χ0) is 10.7. The summed E-state index contributed by atoms with van der Waals surface area (Å²) in [4.78, 5) is 23.8. The number of carbonyl (C=O) groups is 1. The summed E-state index contributed by atoms with van der Waals surface area (Å²) < 4.78 is 0. The molecule has 1 heterocycles. The number of aryl methyl sites for hydroxylation is 1. The molecule has 1 rings (SSSR count). The van der Waals surface area contributed by atoms with Gasteiger partial charge in [-0.05, 0) is 24.5 Å². The van der Waals surface area contributed by atoms with Crippen LogP contribution in [-0.2, 0) is 11.2 Å². The van der Waals surface area contributed by atoms with Gasteiger partial charge in [-0.1, -0.05) is 0 Å². The van der Waals surface area contributed by atoms with E-state index in [0.29, 0.717) is 0 Å². The Kier molecular flexibility index (Phi) is 3.03. The number of hydrogen-bond donors (Lipinski definition) is 3. The van der Waals surface area contributed by atoms with E-state index in [9.17, 15) is 9.59 Å². The number of pyridine rings is 1. The first-order chi connectivity index (χ1) is 6.50. The van der Waals surface area contributed by atoms with Crippen LogP contribution in [0.2, 0.25) is 0 Å². The van der Waals surface area contributed by atoms with Crippen molar-refractivity contribution in [2.75, 3.05) is 0 Å². The van der Waals surface area contributed by atoms with E-state index in [-0.39, 0.29) is 12.0 Å². The Morgan fingerprint density at radius 2 is 2.36 bits per heavy atom. The van der Waals surface area contributed by atoms with Crippen LogP contribution in [0.1, 0.15) is 11.1 Å². The van der Waals surface area contributed by atoms with E-state index in [1.165, 1.54) is 12.3 Å². The maximum absolute atomic E-state index is 10.9. The van der Waals surface area contributed by atoms with Crippen molar-refractivity contribution in [3.8, 4) is 0 Å². The van der Waals surface area contributed by atoms with E-state index in [4.69, 9.17) is 10.8 Å². The second-order valence-corrected chi connectivity index (χ2v) is 3.15. The number of aromatic amines is 1. The average molecular weight is 196 g/mol. The number of nitrogens with one attached hydrogen (secondary N) is 1. The minimum absolute atomic E-state index is 0.199. The number of carboxylic acid groups (broad SMARTS) is 1. The molecule has 14 heavy (non-hydrogen) atoms. The molecule has 0 saturated heterocycles. The van der Waals surface area contributed by atoms with Crippen LogP contribution in [0.3, 0.4) is 0 Å². The van der Waals surface area contributed by atoms with E-state index in [1.807, 2.05) is 0 Å². The molecular weight excluding hydrogens is 184 g/mol. The average Bonchev–Trinajstić information content (AvgIpc) is 2.09. The lowest BCUT2D eigenvalue weighted by atomic mass is 10.0. The standard InChI is InChI=1S/C9H12N2O3/c1-5-2-8(12)11-4-6(5)3-7(10)9(13)14/h2,4,7H,3,10H2,1H3,(H,11,12)(H,13,14)/t7-/m0/s1. The van der Waals surface area contributed by atoms with Crippen LogP contribution in [0.5, 0.6) is 0 Å². The first-order valence-corrected chi connectivity index (χ1v) is 4.17. The van der Waals surface area contributed by atoms with Gasteiger partial charge in [-0.3, -0.25) is 9.59 Å². The highest BCUT2D eigenvalue weighted by atomic mass is 16.4. The molecule has 0 aliphatic carbocycles.